The van der Waals surface area contributed by atoms with Gasteiger partial charge in [0.15, 0.2) is 0 Å². The summed E-state index contributed by atoms with van der Waals surface area (Å²) in [5, 5.41) is 0. The first-order valence-electron chi connectivity index (χ1n) is 8.17. The standard InChI is InChI=1S/C18H27NO3/c1-5-21-18(12-6-7-13-18)17(20)19(4)15-8-10-16(11-9-15)22-14(2)3/h8-11,14H,5-7,12-13H2,1-4H3. The van der Waals surface area contributed by atoms with Crippen LogP contribution in [0.3, 0.4) is 0 Å². The van der Waals surface area contributed by atoms with Crippen LogP contribution in [0.1, 0.15) is 46.5 Å². The summed E-state index contributed by atoms with van der Waals surface area (Å²) in [5.41, 5.74) is 0.239. The van der Waals surface area contributed by atoms with Crippen LogP contribution in [0.5, 0.6) is 5.75 Å². The Kier molecular flexibility index (Phi) is 5.46. The lowest BCUT2D eigenvalue weighted by atomic mass is 10.00. The molecule has 1 aliphatic rings. The average molecular weight is 305 g/mol. The minimum absolute atomic E-state index is 0.0596. The number of carbonyl (C=O) groups is 1. The highest BCUT2D eigenvalue weighted by Crippen LogP contribution is 2.36. The Morgan fingerprint density at radius 1 is 1.23 bits per heavy atom. The summed E-state index contributed by atoms with van der Waals surface area (Å²) in [5.74, 6) is 0.879. The molecule has 0 aliphatic heterocycles. The SMILES string of the molecule is CCOC1(C(=O)N(C)c2ccc(OC(C)C)cc2)CCCC1. The first-order chi connectivity index (χ1) is 10.5. The lowest BCUT2D eigenvalue weighted by Gasteiger charge is -2.32. The first-order valence-corrected chi connectivity index (χ1v) is 8.17. The zero-order valence-corrected chi connectivity index (χ0v) is 14.1. The number of nitrogens with zero attached hydrogens (tertiary/aromatic N) is 1. The molecule has 0 unspecified atom stereocenters. The van der Waals surface area contributed by atoms with Crippen LogP contribution in [0.4, 0.5) is 5.69 Å². The van der Waals surface area contributed by atoms with E-state index in [9.17, 15) is 4.79 Å². The minimum atomic E-state index is -0.628. The monoisotopic (exact) mass is 305 g/mol. The molecule has 1 aromatic rings. The maximum Gasteiger partial charge on any atom is 0.258 e. The fraction of sp³-hybridized carbons (Fsp3) is 0.611. The molecule has 0 heterocycles. The Morgan fingerprint density at radius 2 is 1.82 bits per heavy atom. The lowest BCUT2D eigenvalue weighted by molar-refractivity contribution is -0.142. The molecule has 122 valence electrons. The number of ether oxygens (including phenoxy) is 2. The van der Waals surface area contributed by atoms with Crippen LogP contribution < -0.4 is 9.64 Å². The molecule has 1 fully saturated rings. The van der Waals surface area contributed by atoms with Crippen LogP contribution in [-0.4, -0.2) is 31.3 Å². The van der Waals surface area contributed by atoms with Gasteiger partial charge < -0.3 is 14.4 Å². The van der Waals surface area contributed by atoms with Gasteiger partial charge in [0.05, 0.1) is 6.10 Å². The summed E-state index contributed by atoms with van der Waals surface area (Å²) in [6.07, 6.45) is 3.89. The van der Waals surface area contributed by atoms with Crippen LogP contribution >= 0.6 is 0 Å². The molecule has 0 aromatic heterocycles. The predicted molar refractivity (Wildman–Crippen MR) is 88.4 cm³/mol. The first kappa shape index (κ1) is 16.8. The van der Waals surface area contributed by atoms with E-state index >= 15 is 0 Å². The molecule has 1 aliphatic carbocycles. The third-order valence-corrected chi connectivity index (χ3v) is 4.12. The third-order valence-electron chi connectivity index (χ3n) is 4.12. The van der Waals surface area contributed by atoms with Gasteiger partial charge in [0, 0.05) is 19.3 Å². The molecular formula is C18H27NO3. The number of amides is 1. The van der Waals surface area contributed by atoms with Crippen molar-refractivity contribution >= 4 is 11.6 Å². The van der Waals surface area contributed by atoms with E-state index in [1.807, 2.05) is 52.1 Å². The van der Waals surface area contributed by atoms with Gasteiger partial charge in [-0.15, -0.1) is 0 Å². The van der Waals surface area contributed by atoms with E-state index in [0.717, 1.165) is 37.1 Å². The second-order valence-corrected chi connectivity index (χ2v) is 6.16. The van der Waals surface area contributed by atoms with Crippen LogP contribution in [0.15, 0.2) is 24.3 Å². The highest BCUT2D eigenvalue weighted by molar-refractivity contribution is 5.99. The van der Waals surface area contributed by atoms with Gasteiger partial charge in [0.2, 0.25) is 0 Å². The fourth-order valence-corrected chi connectivity index (χ4v) is 3.09. The number of anilines is 1. The maximum atomic E-state index is 12.9. The number of hydrogen-bond acceptors (Lipinski definition) is 3. The average Bonchev–Trinajstić information content (AvgIpc) is 2.96. The highest BCUT2D eigenvalue weighted by Gasteiger charge is 2.43. The summed E-state index contributed by atoms with van der Waals surface area (Å²) in [6, 6.07) is 7.65. The quantitative estimate of drug-likeness (QED) is 0.802. The summed E-state index contributed by atoms with van der Waals surface area (Å²) < 4.78 is 11.5. The Morgan fingerprint density at radius 3 is 2.32 bits per heavy atom. The predicted octanol–water partition coefficient (Wildman–Crippen LogP) is 3.79. The van der Waals surface area contributed by atoms with Gasteiger partial charge in [-0.3, -0.25) is 4.79 Å². The number of rotatable bonds is 6. The number of hydrogen-bond donors (Lipinski definition) is 0. The molecule has 22 heavy (non-hydrogen) atoms. The van der Waals surface area contributed by atoms with Gasteiger partial charge in [-0.05, 0) is 70.7 Å². The molecule has 1 amide bonds. The van der Waals surface area contributed by atoms with Crippen LogP contribution in [0.25, 0.3) is 0 Å². The van der Waals surface area contributed by atoms with Crippen LogP contribution in [0, 0.1) is 0 Å². The van der Waals surface area contributed by atoms with Crippen molar-refractivity contribution in [2.24, 2.45) is 0 Å². The van der Waals surface area contributed by atoms with Crippen molar-refractivity contribution in [1.82, 2.24) is 0 Å². The zero-order valence-electron chi connectivity index (χ0n) is 14.1. The molecule has 1 saturated carbocycles. The van der Waals surface area contributed by atoms with Gasteiger partial charge in [-0.2, -0.15) is 0 Å². The summed E-state index contributed by atoms with van der Waals surface area (Å²) in [4.78, 5) is 14.6. The molecule has 0 atom stereocenters. The second kappa shape index (κ2) is 7.14. The molecule has 0 saturated heterocycles. The Bertz CT molecular complexity index is 490. The molecule has 0 radical (unpaired) electrons. The molecule has 4 nitrogen and oxygen atoms in total. The topological polar surface area (TPSA) is 38.8 Å². The van der Waals surface area contributed by atoms with Crippen molar-refractivity contribution in [2.45, 2.75) is 58.2 Å². The van der Waals surface area contributed by atoms with E-state index < -0.39 is 5.60 Å². The normalized spacial score (nSPS) is 16.8. The molecule has 1 aromatic carbocycles. The number of benzene rings is 1. The minimum Gasteiger partial charge on any atom is -0.491 e. The van der Waals surface area contributed by atoms with Crippen molar-refractivity contribution in [3.63, 3.8) is 0 Å². The van der Waals surface area contributed by atoms with E-state index in [2.05, 4.69) is 0 Å². The number of carbonyl (C=O) groups excluding carboxylic acids is 1. The van der Waals surface area contributed by atoms with E-state index in [4.69, 9.17) is 9.47 Å². The van der Waals surface area contributed by atoms with Crippen molar-refractivity contribution in [3.8, 4) is 5.75 Å². The molecule has 2 rings (SSSR count). The highest BCUT2D eigenvalue weighted by atomic mass is 16.5. The van der Waals surface area contributed by atoms with E-state index in [0.29, 0.717) is 6.61 Å². The maximum absolute atomic E-state index is 12.9. The van der Waals surface area contributed by atoms with Crippen molar-refractivity contribution in [1.29, 1.82) is 0 Å². The van der Waals surface area contributed by atoms with E-state index in [1.54, 1.807) is 4.90 Å². The van der Waals surface area contributed by atoms with Gasteiger partial charge in [0.25, 0.3) is 5.91 Å². The van der Waals surface area contributed by atoms with E-state index in [1.165, 1.54) is 0 Å². The second-order valence-electron chi connectivity index (χ2n) is 6.16. The Hall–Kier alpha value is -1.55. The molecule has 0 N–H and O–H groups in total. The van der Waals surface area contributed by atoms with Crippen molar-refractivity contribution < 1.29 is 14.3 Å². The van der Waals surface area contributed by atoms with Crippen molar-refractivity contribution in [3.05, 3.63) is 24.3 Å². The molecule has 0 bridgehead atoms. The van der Waals surface area contributed by atoms with Crippen LogP contribution in [0.2, 0.25) is 0 Å². The van der Waals surface area contributed by atoms with Gasteiger partial charge >= 0.3 is 0 Å². The molecular weight excluding hydrogens is 278 g/mol. The molecule has 0 spiro atoms. The smallest absolute Gasteiger partial charge is 0.258 e. The van der Waals surface area contributed by atoms with Crippen molar-refractivity contribution in [2.75, 3.05) is 18.6 Å². The van der Waals surface area contributed by atoms with Gasteiger partial charge in [-0.1, -0.05) is 0 Å². The Balaban J connectivity index is 2.12. The van der Waals surface area contributed by atoms with Crippen LogP contribution in [-0.2, 0) is 9.53 Å². The van der Waals surface area contributed by atoms with E-state index in [-0.39, 0.29) is 12.0 Å². The largest absolute Gasteiger partial charge is 0.491 e. The third kappa shape index (κ3) is 3.61. The summed E-state index contributed by atoms with van der Waals surface area (Å²) >= 11 is 0. The number of likely N-dealkylation sites (N-methyl/N-ethyl adjacent to an activating group) is 1. The Labute approximate surface area is 133 Å². The molecule has 4 heteroatoms. The van der Waals surface area contributed by atoms with Gasteiger partial charge in [0.1, 0.15) is 11.4 Å². The summed E-state index contributed by atoms with van der Waals surface area (Å²) in [7, 11) is 1.82. The lowest BCUT2D eigenvalue weighted by Crippen LogP contribution is -2.48. The fourth-order valence-electron chi connectivity index (χ4n) is 3.09. The summed E-state index contributed by atoms with van der Waals surface area (Å²) in [6.45, 7) is 6.51. The zero-order chi connectivity index (χ0) is 16.2. The van der Waals surface area contributed by atoms with Gasteiger partial charge in [-0.25, -0.2) is 0 Å².